The highest BCUT2D eigenvalue weighted by Gasteiger charge is 2.20. The van der Waals surface area contributed by atoms with Crippen molar-refractivity contribution in [3.8, 4) is 17.3 Å². The minimum absolute atomic E-state index is 0.0446. The molecule has 1 heterocycles. The lowest BCUT2D eigenvalue weighted by Gasteiger charge is -2.22. The second kappa shape index (κ2) is 9.51. The van der Waals surface area contributed by atoms with E-state index in [1.54, 1.807) is 41.8 Å². The van der Waals surface area contributed by atoms with Gasteiger partial charge in [-0.05, 0) is 29.8 Å². The summed E-state index contributed by atoms with van der Waals surface area (Å²) in [4.78, 5) is 29.0. The molecule has 7 nitrogen and oxygen atoms in total. The number of rotatable bonds is 7. The Balaban J connectivity index is 1.59. The predicted octanol–water partition coefficient (Wildman–Crippen LogP) is 3.32. The summed E-state index contributed by atoms with van der Waals surface area (Å²) in [6, 6.07) is 16.1. The number of aliphatic hydroxyl groups is 1. The number of anilines is 1. The van der Waals surface area contributed by atoms with Crippen LogP contribution >= 0.6 is 11.3 Å². The minimum Gasteiger partial charge on any atom is -0.395 e. The lowest BCUT2D eigenvalue weighted by atomic mass is 9.85. The van der Waals surface area contributed by atoms with E-state index in [2.05, 4.69) is 21.7 Å². The molecule has 0 radical (unpaired) electrons. The summed E-state index contributed by atoms with van der Waals surface area (Å²) in [6.07, 6.45) is 0. The second-order valence-electron chi connectivity index (χ2n) is 7.58. The smallest absolute Gasteiger partial charge is 0.251 e. The van der Waals surface area contributed by atoms with Crippen LogP contribution in [0.3, 0.4) is 0 Å². The van der Waals surface area contributed by atoms with Crippen molar-refractivity contribution in [3.63, 3.8) is 0 Å². The zero-order valence-electron chi connectivity index (χ0n) is 17.2. The molecule has 0 saturated carbocycles. The van der Waals surface area contributed by atoms with Crippen molar-refractivity contribution < 1.29 is 14.7 Å². The second-order valence-corrected chi connectivity index (χ2v) is 8.44. The largest absolute Gasteiger partial charge is 0.395 e. The first-order valence-corrected chi connectivity index (χ1v) is 10.5. The summed E-state index contributed by atoms with van der Waals surface area (Å²) in [5.41, 5.74) is 2.76. The molecule has 0 bridgehead atoms. The molecule has 3 rings (SSSR count). The molecule has 0 atom stereocenters. The molecule has 2 aromatic carbocycles. The highest BCUT2D eigenvalue weighted by Crippen LogP contribution is 2.25. The summed E-state index contributed by atoms with van der Waals surface area (Å²) in [5, 5.41) is 26.0. The Hall–Kier alpha value is -3.54. The maximum Gasteiger partial charge on any atom is 0.251 e. The van der Waals surface area contributed by atoms with Crippen LogP contribution in [0.5, 0.6) is 0 Å². The number of thiazole rings is 1. The van der Waals surface area contributed by atoms with E-state index in [-0.39, 0.29) is 19.1 Å². The van der Waals surface area contributed by atoms with E-state index in [9.17, 15) is 14.7 Å². The van der Waals surface area contributed by atoms with Crippen LogP contribution in [0.1, 0.15) is 35.3 Å². The van der Waals surface area contributed by atoms with E-state index < -0.39 is 11.3 Å². The molecule has 3 aromatic rings. The lowest BCUT2D eigenvalue weighted by Crippen LogP contribution is -2.33. The molecule has 0 spiro atoms. The number of carbonyl (C=O) groups excluding carboxylic acids is 2. The van der Waals surface area contributed by atoms with Crippen molar-refractivity contribution in [3.05, 3.63) is 70.6 Å². The summed E-state index contributed by atoms with van der Waals surface area (Å²) in [7, 11) is 0. The van der Waals surface area contributed by atoms with Crippen molar-refractivity contribution in [2.75, 3.05) is 18.5 Å². The zero-order chi connectivity index (χ0) is 22.4. The topological polar surface area (TPSA) is 115 Å². The maximum absolute atomic E-state index is 12.4. The Kier molecular flexibility index (Phi) is 6.80. The van der Waals surface area contributed by atoms with Gasteiger partial charge in [0.25, 0.3) is 5.91 Å². The van der Waals surface area contributed by atoms with Gasteiger partial charge in [0.15, 0.2) is 5.13 Å². The average molecular weight is 435 g/mol. The van der Waals surface area contributed by atoms with Crippen LogP contribution in [0.25, 0.3) is 11.3 Å². The Bertz CT molecular complexity index is 1150. The molecule has 1 aromatic heterocycles. The number of aliphatic hydroxyl groups excluding tert-OH is 1. The predicted molar refractivity (Wildman–Crippen MR) is 120 cm³/mol. The van der Waals surface area contributed by atoms with Crippen molar-refractivity contribution in [1.29, 1.82) is 5.26 Å². The molecule has 3 N–H and O–H groups in total. The highest BCUT2D eigenvalue weighted by atomic mass is 32.1. The number of nitriles is 1. The van der Waals surface area contributed by atoms with Gasteiger partial charge in [0.05, 0.1) is 30.5 Å². The molecule has 0 saturated heterocycles. The van der Waals surface area contributed by atoms with Crippen molar-refractivity contribution in [1.82, 2.24) is 10.3 Å². The Morgan fingerprint density at radius 1 is 1.19 bits per heavy atom. The van der Waals surface area contributed by atoms with E-state index in [1.807, 2.05) is 26.0 Å². The first kappa shape index (κ1) is 22.2. The fourth-order valence-corrected chi connectivity index (χ4v) is 3.55. The van der Waals surface area contributed by atoms with Gasteiger partial charge in [0, 0.05) is 21.9 Å². The first-order chi connectivity index (χ1) is 14.8. The maximum atomic E-state index is 12.4. The number of hydrogen-bond acceptors (Lipinski definition) is 6. The van der Waals surface area contributed by atoms with Crippen LogP contribution in [-0.2, 0) is 10.2 Å². The van der Waals surface area contributed by atoms with E-state index in [0.29, 0.717) is 22.0 Å². The van der Waals surface area contributed by atoms with Crippen molar-refractivity contribution >= 4 is 28.3 Å². The summed E-state index contributed by atoms with van der Waals surface area (Å²) >= 11 is 1.26. The monoisotopic (exact) mass is 434 g/mol. The number of amides is 2. The first-order valence-electron chi connectivity index (χ1n) is 9.58. The average Bonchev–Trinajstić information content (AvgIpc) is 3.26. The van der Waals surface area contributed by atoms with Gasteiger partial charge in [-0.25, -0.2) is 4.98 Å². The van der Waals surface area contributed by atoms with Crippen LogP contribution < -0.4 is 10.6 Å². The van der Waals surface area contributed by atoms with E-state index >= 15 is 0 Å². The van der Waals surface area contributed by atoms with Crippen LogP contribution in [0, 0.1) is 11.3 Å². The van der Waals surface area contributed by atoms with E-state index in [0.717, 1.165) is 11.1 Å². The highest BCUT2D eigenvalue weighted by molar-refractivity contribution is 7.14. The van der Waals surface area contributed by atoms with Crippen LogP contribution in [0.2, 0.25) is 0 Å². The summed E-state index contributed by atoms with van der Waals surface area (Å²) in [6.45, 7) is 3.52. The molecule has 0 aliphatic heterocycles. The molecule has 2 amide bonds. The third-order valence-electron chi connectivity index (χ3n) is 4.75. The van der Waals surface area contributed by atoms with Crippen LogP contribution in [0.15, 0.2) is 53.9 Å². The summed E-state index contributed by atoms with van der Waals surface area (Å²) < 4.78 is 0. The summed E-state index contributed by atoms with van der Waals surface area (Å²) in [5.74, 6) is -0.772. The Morgan fingerprint density at radius 3 is 2.71 bits per heavy atom. The quantitative estimate of drug-likeness (QED) is 0.528. The fourth-order valence-electron chi connectivity index (χ4n) is 2.81. The van der Waals surface area contributed by atoms with Gasteiger partial charge in [0.1, 0.15) is 0 Å². The number of nitrogens with zero attached hydrogens (tertiary/aromatic N) is 2. The number of aromatic nitrogens is 1. The Labute approximate surface area is 184 Å². The van der Waals surface area contributed by atoms with Crippen LogP contribution in [0.4, 0.5) is 5.13 Å². The number of hydrogen-bond donors (Lipinski definition) is 3. The molecule has 8 heteroatoms. The molecule has 0 aliphatic rings. The van der Waals surface area contributed by atoms with Gasteiger partial charge in [-0.3, -0.25) is 9.59 Å². The number of carbonyl (C=O) groups is 2. The normalized spacial score (nSPS) is 10.9. The van der Waals surface area contributed by atoms with Gasteiger partial charge in [-0.2, -0.15) is 5.26 Å². The number of benzene rings is 2. The van der Waals surface area contributed by atoms with Crippen molar-refractivity contribution in [2.24, 2.45) is 0 Å². The van der Waals surface area contributed by atoms with Gasteiger partial charge in [-0.15, -0.1) is 11.3 Å². The molecule has 0 unspecified atom stereocenters. The number of nitrogens with one attached hydrogen (secondary N) is 2. The molecule has 0 aliphatic carbocycles. The zero-order valence-corrected chi connectivity index (χ0v) is 18.0. The molecular formula is C23H22N4O3S. The fraction of sp³-hybridized carbons (Fsp3) is 0.217. The van der Waals surface area contributed by atoms with Crippen LogP contribution in [-0.4, -0.2) is 35.1 Å². The lowest BCUT2D eigenvalue weighted by molar-refractivity contribution is -0.115. The molecule has 31 heavy (non-hydrogen) atoms. The molecular weight excluding hydrogens is 412 g/mol. The van der Waals surface area contributed by atoms with Gasteiger partial charge in [0.2, 0.25) is 5.91 Å². The third-order valence-corrected chi connectivity index (χ3v) is 5.51. The van der Waals surface area contributed by atoms with Gasteiger partial charge in [-0.1, -0.05) is 38.1 Å². The van der Waals surface area contributed by atoms with Gasteiger partial charge < -0.3 is 15.7 Å². The Morgan fingerprint density at radius 2 is 1.97 bits per heavy atom. The van der Waals surface area contributed by atoms with Crippen molar-refractivity contribution in [2.45, 2.75) is 19.3 Å². The van der Waals surface area contributed by atoms with E-state index in [4.69, 9.17) is 5.26 Å². The third kappa shape index (κ3) is 5.54. The molecule has 158 valence electrons. The standard InChI is InChI=1S/C23H22N4O3S/c1-23(2,14-28)18-8-4-7-17(10-18)21(30)25-12-20(29)27-22-26-19(13-31-22)16-6-3-5-15(9-16)11-24/h3-10,13,28H,12,14H2,1-2H3,(H,25,30)(H,26,27,29). The van der Waals surface area contributed by atoms with Gasteiger partial charge >= 0.3 is 0 Å². The SMILES string of the molecule is CC(C)(CO)c1cccc(C(=O)NCC(=O)Nc2nc(-c3cccc(C#N)c3)cs2)c1. The minimum atomic E-state index is -0.469. The molecule has 0 fully saturated rings. The van der Waals surface area contributed by atoms with E-state index in [1.165, 1.54) is 11.3 Å².